The van der Waals surface area contributed by atoms with Crippen LogP contribution in [0.1, 0.15) is 37.4 Å². The lowest BCUT2D eigenvalue weighted by Gasteiger charge is -2.17. The second-order valence-corrected chi connectivity index (χ2v) is 4.07. The minimum Gasteiger partial charge on any atom is -0.392 e. The second kappa shape index (κ2) is 6.43. The first-order chi connectivity index (χ1) is 7.69. The van der Waals surface area contributed by atoms with Crippen LogP contribution in [0.4, 0.5) is 5.95 Å². The van der Waals surface area contributed by atoms with Gasteiger partial charge < -0.3 is 10.0 Å². The lowest BCUT2D eigenvalue weighted by atomic mass is 10.2. The molecule has 0 saturated heterocycles. The Morgan fingerprint density at radius 3 is 2.69 bits per heavy atom. The smallest absolute Gasteiger partial charge is 0.225 e. The number of hydrogen-bond donors (Lipinski definition) is 1. The van der Waals surface area contributed by atoms with Gasteiger partial charge in [-0.05, 0) is 13.3 Å². The zero-order chi connectivity index (χ0) is 12.0. The van der Waals surface area contributed by atoms with E-state index in [1.54, 1.807) is 6.20 Å². The molecule has 0 aliphatic heterocycles. The Morgan fingerprint density at radius 2 is 2.12 bits per heavy atom. The van der Waals surface area contributed by atoms with E-state index in [-0.39, 0.29) is 6.61 Å². The molecule has 4 nitrogen and oxygen atoms in total. The van der Waals surface area contributed by atoms with Crippen LogP contribution in [0.5, 0.6) is 0 Å². The van der Waals surface area contributed by atoms with Gasteiger partial charge in [-0.3, -0.25) is 0 Å². The number of hydrogen-bond acceptors (Lipinski definition) is 4. The first kappa shape index (κ1) is 12.9. The zero-order valence-electron chi connectivity index (χ0n) is 10.4. The molecule has 0 atom stereocenters. The first-order valence-corrected chi connectivity index (χ1v) is 5.83. The molecule has 0 radical (unpaired) electrons. The van der Waals surface area contributed by atoms with Gasteiger partial charge in [0.1, 0.15) is 0 Å². The third kappa shape index (κ3) is 3.45. The molecule has 90 valence electrons. The molecular weight excluding hydrogens is 202 g/mol. The molecule has 1 aromatic rings. The van der Waals surface area contributed by atoms with Gasteiger partial charge in [0.2, 0.25) is 5.95 Å². The van der Waals surface area contributed by atoms with Crippen molar-refractivity contribution in [2.45, 2.75) is 39.7 Å². The number of nitrogens with zero attached hydrogens (tertiary/aromatic N) is 3. The van der Waals surface area contributed by atoms with Crippen molar-refractivity contribution in [3.63, 3.8) is 0 Å². The molecule has 1 N–H and O–H groups in total. The van der Waals surface area contributed by atoms with E-state index in [2.05, 4.69) is 21.8 Å². The topological polar surface area (TPSA) is 49.2 Å². The van der Waals surface area contributed by atoms with E-state index in [9.17, 15) is 0 Å². The largest absolute Gasteiger partial charge is 0.392 e. The molecule has 0 saturated carbocycles. The highest BCUT2D eigenvalue weighted by Crippen LogP contribution is 2.10. The molecule has 1 rings (SSSR count). The van der Waals surface area contributed by atoms with Gasteiger partial charge in [-0.2, -0.15) is 0 Å². The van der Waals surface area contributed by atoms with Crippen molar-refractivity contribution in [2.24, 2.45) is 0 Å². The highest BCUT2D eigenvalue weighted by molar-refractivity contribution is 5.31. The minimum atomic E-state index is 0.00562. The number of unbranched alkanes of at least 4 members (excludes halogenated alkanes) is 2. The molecule has 1 aromatic heterocycles. The summed E-state index contributed by atoms with van der Waals surface area (Å²) in [6, 6.07) is 0. The predicted octanol–water partition coefficient (Wildman–Crippen LogP) is 1.90. The van der Waals surface area contributed by atoms with Crippen molar-refractivity contribution < 1.29 is 5.11 Å². The van der Waals surface area contributed by atoms with Gasteiger partial charge in [-0.15, -0.1) is 0 Å². The Morgan fingerprint density at radius 1 is 1.38 bits per heavy atom. The summed E-state index contributed by atoms with van der Waals surface area (Å²) < 4.78 is 0. The van der Waals surface area contributed by atoms with E-state index < -0.39 is 0 Å². The Labute approximate surface area is 97.3 Å². The summed E-state index contributed by atoms with van der Waals surface area (Å²) in [6.07, 6.45) is 5.32. The van der Waals surface area contributed by atoms with E-state index in [4.69, 9.17) is 5.11 Å². The molecule has 16 heavy (non-hydrogen) atoms. The maximum atomic E-state index is 9.03. The summed E-state index contributed by atoms with van der Waals surface area (Å²) in [6.45, 7) is 5.07. The lowest BCUT2D eigenvalue weighted by Crippen LogP contribution is -2.21. The molecule has 0 unspecified atom stereocenters. The molecule has 0 spiro atoms. The molecule has 1 heterocycles. The van der Waals surface area contributed by atoms with Gasteiger partial charge >= 0.3 is 0 Å². The maximum Gasteiger partial charge on any atom is 0.225 e. The van der Waals surface area contributed by atoms with E-state index in [1.807, 2.05) is 14.0 Å². The number of aryl methyl sites for hydroxylation is 1. The van der Waals surface area contributed by atoms with Crippen LogP contribution in [0.3, 0.4) is 0 Å². The maximum absolute atomic E-state index is 9.03. The fraction of sp³-hybridized carbons (Fsp3) is 0.667. The minimum absolute atomic E-state index is 0.00562. The number of aliphatic hydroxyl groups excluding tert-OH is 1. The standard InChI is InChI=1S/C12H21N3O/c1-4-5-6-7-15(3)12-13-8-11(9-16)10(2)14-12/h8,16H,4-7,9H2,1-3H3. The van der Waals surface area contributed by atoms with Crippen molar-refractivity contribution in [3.8, 4) is 0 Å². The van der Waals surface area contributed by atoms with Crippen LogP contribution < -0.4 is 4.90 Å². The van der Waals surface area contributed by atoms with Crippen LogP contribution in [-0.2, 0) is 6.61 Å². The zero-order valence-corrected chi connectivity index (χ0v) is 10.4. The SMILES string of the molecule is CCCCCN(C)c1ncc(CO)c(C)n1. The number of aliphatic hydroxyl groups is 1. The summed E-state index contributed by atoms with van der Waals surface area (Å²) in [4.78, 5) is 10.7. The number of aromatic nitrogens is 2. The third-order valence-electron chi connectivity index (χ3n) is 2.68. The molecule has 0 aliphatic rings. The van der Waals surface area contributed by atoms with E-state index in [0.29, 0.717) is 0 Å². The molecule has 0 aliphatic carbocycles. The molecule has 0 bridgehead atoms. The van der Waals surface area contributed by atoms with Crippen molar-refractivity contribution >= 4 is 5.95 Å². The van der Waals surface area contributed by atoms with Gasteiger partial charge in [0.25, 0.3) is 0 Å². The third-order valence-corrected chi connectivity index (χ3v) is 2.68. The molecule has 0 fully saturated rings. The summed E-state index contributed by atoms with van der Waals surface area (Å²) in [5.41, 5.74) is 1.65. The van der Waals surface area contributed by atoms with Crippen LogP contribution in [-0.4, -0.2) is 28.7 Å². The van der Waals surface area contributed by atoms with Gasteiger partial charge in [0, 0.05) is 31.0 Å². The number of anilines is 1. The summed E-state index contributed by atoms with van der Waals surface area (Å²) >= 11 is 0. The fourth-order valence-corrected chi connectivity index (χ4v) is 1.52. The average Bonchev–Trinajstić information content (AvgIpc) is 2.29. The van der Waals surface area contributed by atoms with Crippen LogP contribution in [0.15, 0.2) is 6.20 Å². The average molecular weight is 223 g/mol. The van der Waals surface area contributed by atoms with Crippen LogP contribution >= 0.6 is 0 Å². The van der Waals surface area contributed by atoms with Crippen molar-refractivity contribution in [3.05, 3.63) is 17.5 Å². The van der Waals surface area contributed by atoms with E-state index in [0.717, 1.165) is 30.2 Å². The summed E-state index contributed by atoms with van der Waals surface area (Å²) in [5, 5.41) is 9.03. The van der Waals surface area contributed by atoms with Crippen molar-refractivity contribution in [2.75, 3.05) is 18.5 Å². The highest BCUT2D eigenvalue weighted by atomic mass is 16.3. The monoisotopic (exact) mass is 223 g/mol. The number of rotatable bonds is 6. The summed E-state index contributed by atoms with van der Waals surface area (Å²) in [5.74, 6) is 0.741. The highest BCUT2D eigenvalue weighted by Gasteiger charge is 2.06. The first-order valence-electron chi connectivity index (χ1n) is 5.83. The summed E-state index contributed by atoms with van der Waals surface area (Å²) in [7, 11) is 2.00. The molecule has 0 aromatic carbocycles. The van der Waals surface area contributed by atoms with E-state index in [1.165, 1.54) is 12.8 Å². The molecular formula is C12H21N3O. The van der Waals surface area contributed by atoms with Gasteiger partial charge in [0.15, 0.2) is 0 Å². The van der Waals surface area contributed by atoms with Crippen molar-refractivity contribution in [1.29, 1.82) is 0 Å². The Bertz CT molecular complexity index is 328. The predicted molar refractivity (Wildman–Crippen MR) is 65.5 cm³/mol. The quantitative estimate of drug-likeness (QED) is 0.748. The van der Waals surface area contributed by atoms with E-state index >= 15 is 0 Å². The second-order valence-electron chi connectivity index (χ2n) is 4.07. The Balaban J connectivity index is 2.62. The van der Waals surface area contributed by atoms with Gasteiger partial charge in [-0.1, -0.05) is 19.8 Å². The molecule has 0 amide bonds. The van der Waals surface area contributed by atoms with Gasteiger partial charge in [-0.25, -0.2) is 9.97 Å². The van der Waals surface area contributed by atoms with Crippen LogP contribution in [0, 0.1) is 6.92 Å². The fourth-order valence-electron chi connectivity index (χ4n) is 1.52. The lowest BCUT2D eigenvalue weighted by molar-refractivity contribution is 0.280. The normalized spacial score (nSPS) is 10.5. The Kier molecular flexibility index (Phi) is 5.19. The van der Waals surface area contributed by atoms with Crippen LogP contribution in [0.2, 0.25) is 0 Å². The van der Waals surface area contributed by atoms with Crippen molar-refractivity contribution in [1.82, 2.24) is 9.97 Å². The van der Waals surface area contributed by atoms with Gasteiger partial charge in [0.05, 0.1) is 6.61 Å². The van der Waals surface area contributed by atoms with Crippen LogP contribution in [0.25, 0.3) is 0 Å². The molecule has 4 heteroatoms. The Hall–Kier alpha value is -1.16.